The smallest absolute Gasteiger partial charge is 0.178 e. The number of rotatable bonds is 5. The van der Waals surface area contributed by atoms with Gasteiger partial charge in [-0.3, -0.25) is 0 Å². The first-order valence-electron chi connectivity index (χ1n) is 16.1. The van der Waals surface area contributed by atoms with Crippen LogP contribution in [0.5, 0.6) is 17.2 Å². The lowest BCUT2D eigenvalue weighted by Crippen LogP contribution is -2.35. The van der Waals surface area contributed by atoms with Crippen LogP contribution >= 0.6 is 0 Å². The Bertz CT molecular complexity index is 1940. The predicted octanol–water partition coefficient (Wildman–Crippen LogP) is 9.69. The number of nitrogens with zero attached hydrogens (tertiary/aromatic N) is 1. The second-order valence-electron chi connectivity index (χ2n) is 12.8. The zero-order valence-corrected chi connectivity index (χ0v) is 26.5. The minimum absolute atomic E-state index is 0.437. The average molecular weight is 594 g/mol. The van der Waals surface area contributed by atoms with E-state index in [9.17, 15) is 0 Å². The minimum atomic E-state index is -0.800. The largest absolute Gasteiger partial charge is 0.493 e. The first-order chi connectivity index (χ1) is 22.0. The van der Waals surface area contributed by atoms with Gasteiger partial charge in [-0.1, -0.05) is 85.6 Å². The highest BCUT2D eigenvalue weighted by molar-refractivity contribution is 6.08. The monoisotopic (exact) mass is 593 g/mol. The van der Waals surface area contributed by atoms with Crippen LogP contribution < -0.4 is 19.1 Å². The van der Waals surface area contributed by atoms with Crippen molar-refractivity contribution in [3.05, 3.63) is 125 Å². The SMILES string of the molecule is COc1cc2c3c(c4c(c2cc1OC)-c1ccccc1C1CCCCC41)C=CC(c1ccccc1)(c1ccc(N(C)C)cc1)O3. The van der Waals surface area contributed by atoms with Gasteiger partial charge in [-0.2, -0.15) is 0 Å². The predicted molar refractivity (Wildman–Crippen MR) is 184 cm³/mol. The van der Waals surface area contributed by atoms with Gasteiger partial charge in [0.25, 0.3) is 0 Å². The highest BCUT2D eigenvalue weighted by Crippen LogP contribution is 2.60. The lowest BCUT2D eigenvalue weighted by Gasteiger charge is -2.43. The summed E-state index contributed by atoms with van der Waals surface area (Å²) in [6.07, 6.45) is 9.58. The van der Waals surface area contributed by atoms with E-state index in [1.54, 1.807) is 14.2 Å². The molecule has 1 fully saturated rings. The van der Waals surface area contributed by atoms with E-state index in [0.717, 1.165) is 39.1 Å². The Balaban J connectivity index is 1.46. The molecule has 5 aromatic carbocycles. The summed E-state index contributed by atoms with van der Waals surface area (Å²) in [5.41, 5.74) is 9.30. The van der Waals surface area contributed by atoms with Crippen LogP contribution in [-0.2, 0) is 5.60 Å². The summed E-state index contributed by atoms with van der Waals surface area (Å²) in [6, 6.07) is 32.7. The van der Waals surface area contributed by atoms with Crippen LogP contribution in [0.1, 0.15) is 65.3 Å². The first kappa shape index (κ1) is 27.8. The third-order valence-electron chi connectivity index (χ3n) is 10.4. The number of fused-ring (bicyclic) bond motifs is 11. The lowest BCUT2D eigenvalue weighted by atomic mass is 9.63. The zero-order chi connectivity index (χ0) is 30.7. The van der Waals surface area contributed by atoms with Crippen LogP contribution in [0.4, 0.5) is 5.69 Å². The quantitative estimate of drug-likeness (QED) is 0.203. The maximum absolute atomic E-state index is 7.52. The van der Waals surface area contributed by atoms with Crippen molar-refractivity contribution in [2.45, 2.75) is 43.1 Å². The summed E-state index contributed by atoms with van der Waals surface area (Å²) < 4.78 is 19.3. The van der Waals surface area contributed by atoms with Gasteiger partial charge in [-0.25, -0.2) is 0 Å². The van der Waals surface area contributed by atoms with E-state index in [0.29, 0.717) is 17.6 Å². The second-order valence-corrected chi connectivity index (χ2v) is 12.8. The molecule has 226 valence electrons. The Morgan fingerprint density at radius 2 is 1.38 bits per heavy atom. The Hall–Kier alpha value is -4.70. The van der Waals surface area contributed by atoms with Crippen molar-refractivity contribution >= 4 is 22.5 Å². The van der Waals surface area contributed by atoms with Gasteiger partial charge in [0.15, 0.2) is 17.1 Å². The van der Waals surface area contributed by atoms with Crippen molar-refractivity contribution < 1.29 is 14.2 Å². The average Bonchev–Trinajstić information content (AvgIpc) is 3.11. The number of hydrogen-bond acceptors (Lipinski definition) is 4. The van der Waals surface area contributed by atoms with Gasteiger partial charge in [-0.05, 0) is 82.7 Å². The van der Waals surface area contributed by atoms with Crippen molar-refractivity contribution in [1.29, 1.82) is 0 Å². The maximum Gasteiger partial charge on any atom is 0.178 e. The van der Waals surface area contributed by atoms with Crippen molar-refractivity contribution in [1.82, 2.24) is 0 Å². The molecule has 0 spiro atoms. The molecule has 8 rings (SSSR count). The minimum Gasteiger partial charge on any atom is -0.493 e. The van der Waals surface area contributed by atoms with Crippen molar-refractivity contribution in [3.63, 3.8) is 0 Å². The number of hydrogen-bond donors (Lipinski definition) is 0. The molecule has 0 amide bonds. The van der Waals surface area contributed by atoms with E-state index in [1.165, 1.54) is 53.5 Å². The number of benzene rings is 5. The summed E-state index contributed by atoms with van der Waals surface area (Å²) >= 11 is 0. The fourth-order valence-electron chi connectivity index (χ4n) is 8.23. The fourth-order valence-corrected chi connectivity index (χ4v) is 8.23. The van der Waals surface area contributed by atoms with E-state index < -0.39 is 5.60 Å². The second kappa shape index (κ2) is 10.7. The Morgan fingerprint density at radius 1 is 0.733 bits per heavy atom. The number of ether oxygens (including phenoxy) is 3. The van der Waals surface area contributed by atoms with Crippen molar-refractivity contribution in [2.24, 2.45) is 0 Å². The summed E-state index contributed by atoms with van der Waals surface area (Å²) in [6.45, 7) is 0. The molecule has 1 aliphatic heterocycles. The molecule has 1 saturated carbocycles. The summed E-state index contributed by atoms with van der Waals surface area (Å²) in [5, 5.41) is 2.19. The van der Waals surface area contributed by atoms with E-state index in [-0.39, 0.29) is 0 Å². The van der Waals surface area contributed by atoms with Crippen LogP contribution in [-0.4, -0.2) is 28.3 Å². The highest BCUT2D eigenvalue weighted by atomic mass is 16.5. The van der Waals surface area contributed by atoms with Crippen LogP contribution in [0.2, 0.25) is 0 Å². The van der Waals surface area contributed by atoms with Crippen molar-refractivity contribution in [2.75, 3.05) is 33.2 Å². The molecule has 2 aliphatic carbocycles. The Labute approximate surface area is 265 Å². The third kappa shape index (κ3) is 4.19. The van der Waals surface area contributed by atoms with Gasteiger partial charge >= 0.3 is 0 Å². The molecule has 1 heterocycles. The van der Waals surface area contributed by atoms with Gasteiger partial charge in [0.2, 0.25) is 0 Å². The van der Waals surface area contributed by atoms with Gasteiger partial charge in [0.1, 0.15) is 5.75 Å². The molecule has 0 saturated heterocycles. The molecule has 0 N–H and O–H groups in total. The van der Waals surface area contributed by atoms with Gasteiger partial charge in [0, 0.05) is 41.9 Å². The normalized spacial score (nSPS) is 21.2. The van der Waals surface area contributed by atoms with Crippen LogP contribution in [0.15, 0.2) is 97.1 Å². The zero-order valence-electron chi connectivity index (χ0n) is 26.5. The lowest BCUT2D eigenvalue weighted by molar-refractivity contribution is 0.163. The molecule has 0 radical (unpaired) electrons. The molecule has 5 aromatic rings. The molecule has 0 aromatic heterocycles. The number of methoxy groups -OCH3 is 2. The van der Waals surface area contributed by atoms with E-state index in [4.69, 9.17) is 14.2 Å². The van der Waals surface area contributed by atoms with Crippen LogP contribution in [0, 0.1) is 0 Å². The summed E-state index contributed by atoms with van der Waals surface area (Å²) in [4.78, 5) is 2.13. The summed E-state index contributed by atoms with van der Waals surface area (Å²) in [5.74, 6) is 3.29. The fraction of sp³-hybridized carbons (Fsp3) is 0.268. The molecule has 45 heavy (non-hydrogen) atoms. The molecule has 4 heteroatoms. The molecule has 0 bridgehead atoms. The van der Waals surface area contributed by atoms with Crippen LogP contribution in [0.25, 0.3) is 28.0 Å². The van der Waals surface area contributed by atoms with Crippen molar-refractivity contribution in [3.8, 4) is 28.4 Å². The standard InChI is InChI=1S/C41H39NO3/c1-42(2)28-20-18-27(19-21-28)41(26-12-6-5-7-13-26)23-22-33-38-31-16-10-8-14-29(31)30-15-9-11-17-32(30)39(38)34-24-36(43-3)37(44-4)25-35(34)40(33)45-41/h5-7,9,11-13,15,17-25,29,31H,8,10,14,16H2,1-4H3. The third-order valence-corrected chi connectivity index (χ3v) is 10.4. The van der Waals surface area contributed by atoms with Gasteiger partial charge in [0.05, 0.1) is 14.2 Å². The first-order valence-corrected chi connectivity index (χ1v) is 16.1. The molecule has 3 aliphatic rings. The maximum atomic E-state index is 7.52. The Kier molecular flexibility index (Phi) is 6.63. The highest BCUT2D eigenvalue weighted by Gasteiger charge is 2.43. The molecule has 3 unspecified atom stereocenters. The topological polar surface area (TPSA) is 30.9 Å². The van der Waals surface area contributed by atoms with Crippen LogP contribution in [0.3, 0.4) is 0 Å². The van der Waals surface area contributed by atoms with Gasteiger partial charge < -0.3 is 19.1 Å². The molecule has 4 nitrogen and oxygen atoms in total. The number of anilines is 1. The van der Waals surface area contributed by atoms with Gasteiger partial charge in [-0.15, -0.1) is 0 Å². The molecular formula is C41H39NO3. The Morgan fingerprint density at radius 3 is 2.09 bits per heavy atom. The van der Waals surface area contributed by atoms with E-state index in [2.05, 4.69) is 122 Å². The van der Waals surface area contributed by atoms with E-state index in [1.807, 2.05) is 0 Å². The molecular weight excluding hydrogens is 554 g/mol. The summed E-state index contributed by atoms with van der Waals surface area (Å²) in [7, 11) is 7.57. The molecule has 3 atom stereocenters. The van der Waals surface area contributed by atoms with E-state index >= 15 is 0 Å².